The van der Waals surface area contributed by atoms with E-state index in [9.17, 15) is 4.79 Å². The summed E-state index contributed by atoms with van der Waals surface area (Å²) in [5.41, 5.74) is 1.75. The molecule has 2 rings (SSSR count). The summed E-state index contributed by atoms with van der Waals surface area (Å²) in [6.45, 7) is 4.06. The summed E-state index contributed by atoms with van der Waals surface area (Å²) >= 11 is 0. The zero-order valence-corrected chi connectivity index (χ0v) is 9.84. The highest BCUT2D eigenvalue weighted by atomic mass is 16.2. The minimum Gasteiger partial charge on any atom is -0.275 e. The summed E-state index contributed by atoms with van der Waals surface area (Å²) < 4.78 is 1.72. The molecule has 1 atom stereocenters. The van der Waals surface area contributed by atoms with Crippen molar-refractivity contribution in [3.05, 3.63) is 18.0 Å². The Morgan fingerprint density at radius 2 is 2.31 bits per heavy atom. The Bertz CT molecular complexity index is 435. The molecule has 1 aromatic rings. The lowest BCUT2D eigenvalue weighted by molar-refractivity contribution is -0.130. The van der Waals surface area contributed by atoms with Gasteiger partial charge in [-0.1, -0.05) is 6.92 Å². The largest absolute Gasteiger partial charge is 0.275 e. The smallest absolute Gasteiger partial charge is 0.249 e. The second kappa shape index (κ2) is 4.08. The first-order valence-electron chi connectivity index (χ1n) is 5.50. The van der Waals surface area contributed by atoms with Crippen molar-refractivity contribution in [3.63, 3.8) is 0 Å². The van der Waals surface area contributed by atoms with Gasteiger partial charge in [0.05, 0.1) is 24.4 Å². The maximum absolute atomic E-state index is 11.7. The van der Waals surface area contributed by atoms with Gasteiger partial charge in [0, 0.05) is 18.8 Å². The van der Waals surface area contributed by atoms with Crippen LogP contribution in [0.1, 0.15) is 32.3 Å². The Balaban J connectivity index is 2.22. The number of hydrogen-bond acceptors (Lipinski definition) is 3. The number of aryl methyl sites for hydroxylation is 1. The molecule has 0 aliphatic carbocycles. The first-order chi connectivity index (χ1) is 7.61. The van der Waals surface area contributed by atoms with Gasteiger partial charge < -0.3 is 0 Å². The monoisotopic (exact) mass is 220 g/mol. The lowest BCUT2D eigenvalue weighted by atomic mass is 10.1. The molecule has 86 valence electrons. The first kappa shape index (κ1) is 10.9. The summed E-state index contributed by atoms with van der Waals surface area (Å²) in [6.07, 6.45) is 4.92. The van der Waals surface area contributed by atoms with E-state index < -0.39 is 0 Å². The van der Waals surface area contributed by atoms with Crippen LogP contribution in [0.2, 0.25) is 0 Å². The molecule has 0 saturated carbocycles. The third-order valence-electron chi connectivity index (χ3n) is 2.85. The SMILES string of the molecule is CCC(C)N1N=C(c2cnn(C)c2)CC1=O. The maximum atomic E-state index is 11.7. The molecule has 0 aromatic carbocycles. The molecule has 0 fully saturated rings. The average Bonchev–Trinajstić information content (AvgIpc) is 2.83. The molecule has 16 heavy (non-hydrogen) atoms. The molecular weight excluding hydrogens is 204 g/mol. The standard InChI is InChI=1S/C11H16N4O/c1-4-8(2)15-11(16)5-10(13-15)9-6-12-14(3)7-9/h6-8H,4-5H2,1-3H3. The zero-order valence-electron chi connectivity index (χ0n) is 9.84. The fourth-order valence-electron chi connectivity index (χ4n) is 1.69. The van der Waals surface area contributed by atoms with Gasteiger partial charge in [-0.05, 0) is 13.3 Å². The number of nitrogens with zero attached hydrogens (tertiary/aromatic N) is 4. The van der Waals surface area contributed by atoms with Crippen LogP contribution >= 0.6 is 0 Å². The van der Waals surface area contributed by atoms with E-state index in [-0.39, 0.29) is 11.9 Å². The Kier molecular flexibility index (Phi) is 2.77. The molecule has 0 spiro atoms. The third-order valence-corrected chi connectivity index (χ3v) is 2.85. The molecule has 2 heterocycles. The maximum Gasteiger partial charge on any atom is 0.249 e. The third kappa shape index (κ3) is 1.85. The molecular formula is C11H16N4O. The van der Waals surface area contributed by atoms with Gasteiger partial charge in [0.15, 0.2) is 0 Å². The van der Waals surface area contributed by atoms with E-state index in [1.165, 1.54) is 0 Å². The molecule has 0 saturated heterocycles. The lowest BCUT2D eigenvalue weighted by Gasteiger charge is -2.18. The quantitative estimate of drug-likeness (QED) is 0.767. The van der Waals surface area contributed by atoms with E-state index in [4.69, 9.17) is 0 Å². The number of carbonyl (C=O) groups is 1. The van der Waals surface area contributed by atoms with E-state index in [1.807, 2.05) is 20.2 Å². The number of rotatable bonds is 3. The fraction of sp³-hybridized carbons (Fsp3) is 0.545. The van der Waals surface area contributed by atoms with Crippen LogP contribution in [0.5, 0.6) is 0 Å². The predicted octanol–water partition coefficient (Wildman–Crippen LogP) is 1.16. The van der Waals surface area contributed by atoms with Gasteiger partial charge in [0.25, 0.3) is 0 Å². The van der Waals surface area contributed by atoms with Gasteiger partial charge in [-0.25, -0.2) is 5.01 Å². The van der Waals surface area contributed by atoms with Crippen LogP contribution in [-0.2, 0) is 11.8 Å². The van der Waals surface area contributed by atoms with Gasteiger partial charge in [-0.2, -0.15) is 10.2 Å². The molecule has 0 N–H and O–H groups in total. The minimum absolute atomic E-state index is 0.0770. The first-order valence-corrected chi connectivity index (χ1v) is 5.50. The summed E-state index contributed by atoms with van der Waals surface area (Å²) in [7, 11) is 1.85. The topological polar surface area (TPSA) is 50.5 Å². The van der Waals surface area contributed by atoms with Crippen molar-refractivity contribution in [3.8, 4) is 0 Å². The highest BCUT2D eigenvalue weighted by Crippen LogP contribution is 2.18. The van der Waals surface area contributed by atoms with Crippen molar-refractivity contribution in [1.29, 1.82) is 0 Å². The number of hydrogen-bond donors (Lipinski definition) is 0. The van der Waals surface area contributed by atoms with Crippen LogP contribution in [-0.4, -0.2) is 32.5 Å². The molecule has 1 unspecified atom stereocenters. The van der Waals surface area contributed by atoms with E-state index in [0.29, 0.717) is 6.42 Å². The molecule has 1 aliphatic rings. The van der Waals surface area contributed by atoms with Crippen molar-refractivity contribution >= 4 is 11.6 Å². The molecule has 1 aliphatic heterocycles. The van der Waals surface area contributed by atoms with Crippen molar-refractivity contribution in [2.24, 2.45) is 12.1 Å². The normalized spacial score (nSPS) is 17.8. The molecule has 1 aromatic heterocycles. The molecule has 5 heteroatoms. The zero-order chi connectivity index (χ0) is 11.7. The highest BCUT2D eigenvalue weighted by Gasteiger charge is 2.28. The van der Waals surface area contributed by atoms with E-state index in [0.717, 1.165) is 17.7 Å². The lowest BCUT2D eigenvalue weighted by Crippen LogP contribution is -2.29. The minimum atomic E-state index is 0.0770. The summed E-state index contributed by atoms with van der Waals surface area (Å²) in [5.74, 6) is 0.0770. The molecule has 0 radical (unpaired) electrons. The van der Waals surface area contributed by atoms with Gasteiger partial charge in [-0.15, -0.1) is 0 Å². The summed E-state index contributed by atoms with van der Waals surface area (Å²) in [6, 6.07) is 0.168. The Hall–Kier alpha value is -1.65. The van der Waals surface area contributed by atoms with Gasteiger partial charge in [0.2, 0.25) is 5.91 Å². The molecule has 0 bridgehead atoms. The van der Waals surface area contributed by atoms with Crippen molar-refractivity contribution in [2.45, 2.75) is 32.7 Å². The number of amides is 1. The Morgan fingerprint density at radius 1 is 1.56 bits per heavy atom. The number of carbonyl (C=O) groups excluding carboxylic acids is 1. The number of aromatic nitrogens is 2. The highest BCUT2D eigenvalue weighted by molar-refractivity contribution is 6.13. The van der Waals surface area contributed by atoms with Crippen LogP contribution in [0.4, 0.5) is 0 Å². The van der Waals surface area contributed by atoms with Crippen LogP contribution in [0.3, 0.4) is 0 Å². The van der Waals surface area contributed by atoms with Crippen molar-refractivity contribution < 1.29 is 4.79 Å². The van der Waals surface area contributed by atoms with Crippen LogP contribution in [0, 0.1) is 0 Å². The second-order valence-corrected chi connectivity index (χ2v) is 4.12. The van der Waals surface area contributed by atoms with Gasteiger partial charge >= 0.3 is 0 Å². The van der Waals surface area contributed by atoms with E-state index >= 15 is 0 Å². The summed E-state index contributed by atoms with van der Waals surface area (Å²) in [4.78, 5) is 11.7. The van der Waals surface area contributed by atoms with Crippen LogP contribution in [0.15, 0.2) is 17.5 Å². The predicted molar refractivity (Wildman–Crippen MR) is 61.0 cm³/mol. The summed E-state index contributed by atoms with van der Waals surface area (Å²) in [5, 5.41) is 10.0. The van der Waals surface area contributed by atoms with Crippen molar-refractivity contribution in [1.82, 2.24) is 14.8 Å². The second-order valence-electron chi connectivity index (χ2n) is 4.12. The molecule has 1 amide bonds. The van der Waals surface area contributed by atoms with Gasteiger partial charge in [0.1, 0.15) is 0 Å². The van der Waals surface area contributed by atoms with Gasteiger partial charge in [-0.3, -0.25) is 9.48 Å². The van der Waals surface area contributed by atoms with Crippen molar-refractivity contribution in [2.75, 3.05) is 0 Å². The number of hydrazone groups is 1. The Labute approximate surface area is 94.7 Å². The van der Waals surface area contributed by atoms with E-state index in [1.54, 1.807) is 15.9 Å². The molecule has 5 nitrogen and oxygen atoms in total. The van der Waals surface area contributed by atoms with E-state index in [2.05, 4.69) is 17.1 Å². The fourth-order valence-corrected chi connectivity index (χ4v) is 1.69. The van der Waals surface area contributed by atoms with Crippen LogP contribution < -0.4 is 0 Å². The Morgan fingerprint density at radius 3 is 2.88 bits per heavy atom. The average molecular weight is 220 g/mol. The van der Waals surface area contributed by atoms with Crippen LogP contribution in [0.25, 0.3) is 0 Å².